The van der Waals surface area contributed by atoms with Crippen molar-refractivity contribution in [2.24, 2.45) is 5.92 Å². The normalized spacial score (nSPS) is 20.1. The summed E-state index contributed by atoms with van der Waals surface area (Å²) < 4.78 is 0. The lowest BCUT2D eigenvalue weighted by molar-refractivity contribution is 0.345. The molecule has 90 valence electrons. The van der Waals surface area contributed by atoms with Gasteiger partial charge in [0.05, 0.1) is 5.56 Å². The third-order valence-corrected chi connectivity index (χ3v) is 3.30. The van der Waals surface area contributed by atoms with E-state index in [2.05, 4.69) is 28.2 Å². The van der Waals surface area contributed by atoms with Crippen LogP contribution in [0.5, 0.6) is 0 Å². The van der Waals surface area contributed by atoms with E-state index in [1.165, 1.54) is 13.0 Å². The molecule has 0 bridgehead atoms. The number of pyridine rings is 1. The first-order valence-electron chi connectivity index (χ1n) is 6.14. The third kappa shape index (κ3) is 2.95. The van der Waals surface area contributed by atoms with Gasteiger partial charge in [0.15, 0.2) is 0 Å². The molecule has 0 spiro atoms. The van der Waals surface area contributed by atoms with Crippen molar-refractivity contribution in [3.05, 3.63) is 23.9 Å². The van der Waals surface area contributed by atoms with Gasteiger partial charge in [-0.2, -0.15) is 5.26 Å². The fourth-order valence-corrected chi connectivity index (χ4v) is 2.24. The predicted molar refractivity (Wildman–Crippen MR) is 67.7 cm³/mol. The minimum atomic E-state index is 0.623. The van der Waals surface area contributed by atoms with Gasteiger partial charge in [-0.05, 0) is 37.6 Å². The summed E-state index contributed by atoms with van der Waals surface area (Å²) in [5.41, 5.74) is 0.623. The van der Waals surface area contributed by atoms with E-state index in [4.69, 9.17) is 5.26 Å². The molecule has 0 saturated carbocycles. The Morgan fingerprint density at radius 2 is 2.53 bits per heavy atom. The van der Waals surface area contributed by atoms with Crippen molar-refractivity contribution in [2.75, 3.05) is 31.5 Å². The number of rotatable bonds is 4. The molecule has 1 aliphatic rings. The van der Waals surface area contributed by atoms with Crippen molar-refractivity contribution >= 4 is 5.82 Å². The molecule has 0 amide bonds. The zero-order chi connectivity index (χ0) is 12.1. The van der Waals surface area contributed by atoms with Crippen LogP contribution in [0.25, 0.3) is 0 Å². The molecule has 1 saturated heterocycles. The second-order valence-electron chi connectivity index (χ2n) is 4.44. The summed E-state index contributed by atoms with van der Waals surface area (Å²) in [6.07, 6.45) is 2.95. The Balaban J connectivity index is 1.88. The van der Waals surface area contributed by atoms with E-state index in [1.807, 2.05) is 0 Å². The lowest BCUT2D eigenvalue weighted by atomic mass is 10.1. The molecule has 4 heteroatoms. The topological polar surface area (TPSA) is 52.0 Å². The van der Waals surface area contributed by atoms with Crippen molar-refractivity contribution in [2.45, 2.75) is 13.3 Å². The highest BCUT2D eigenvalue weighted by atomic mass is 15.1. The zero-order valence-corrected chi connectivity index (χ0v) is 10.2. The molecule has 1 fully saturated rings. The highest BCUT2D eigenvalue weighted by Crippen LogP contribution is 2.17. The molecule has 4 nitrogen and oxygen atoms in total. The molecule has 0 aliphatic carbocycles. The van der Waals surface area contributed by atoms with E-state index in [9.17, 15) is 0 Å². The van der Waals surface area contributed by atoms with E-state index in [0.717, 1.165) is 19.6 Å². The Bertz CT molecular complexity index is 410. The Morgan fingerprint density at radius 1 is 1.65 bits per heavy atom. The average Bonchev–Trinajstić information content (AvgIpc) is 2.84. The Kier molecular flexibility index (Phi) is 3.94. The van der Waals surface area contributed by atoms with Gasteiger partial charge in [0.25, 0.3) is 0 Å². The predicted octanol–water partition coefficient (Wildman–Crippen LogP) is 1.71. The van der Waals surface area contributed by atoms with Crippen LogP contribution in [0.15, 0.2) is 18.3 Å². The largest absolute Gasteiger partial charge is 0.369 e. The number of likely N-dealkylation sites (tertiary alicyclic amines) is 1. The SMILES string of the molecule is CCN1CCC(CNc2ncccc2C#N)C1. The minimum absolute atomic E-state index is 0.623. The van der Waals surface area contributed by atoms with Crippen molar-refractivity contribution in [1.29, 1.82) is 5.26 Å². The number of aromatic nitrogens is 1. The van der Waals surface area contributed by atoms with Gasteiger partial charge in [0.2, 0.25) is 0 Å². The zero-order valence-electron chi connectivity index (χ0n) is 10.2. The Hall–Kier alpha value is -1.60. The summed E-state index contributed by atoms with van der Waals surface area (Å²) in [6.45, 7) is 6.57. The first-order valence-corrected chi connectivity index (χ1v) is 6.14. The lowest BCUT2D eigenvalue weighted by Crippen LogP contribution is -2.22. The highest BCUT2D eigenvalue weighted by Gasteiger charge is 2.20. The van der Waals surface area contributed by atoms with Gasteiger partial charge in [-0.1, -0.05) is 6.92 Å². The van der Waals surface area contributed by atoms with Gasteiger partial charge in [-0.15, -0.1) is 0 Å². The molecule has 2 heterocycles. The van der Waals surface area contributed by atoms with Gasteiger partial charge in [-0.3, -0.25) is 0 Å². The van der Waals surface area contributed by atoms with Crippen molar-refractivity contribution in [3.8, 4) is 6.07 Å². The van der Waals surface area contributed by atoms with Crippen LogP contribution in [0.2, 0.25) is 0 Å². The lowest BCUT2D eigenvalue weighted by Gasteiger charge is -2.14. The second-order valence-corrected chi connectivity index (χ2v) is 4.44. The van der Waals surface area contributed by atoms with Crippen LogP contribution in [-0.2, 0) is 0 Å². The molecular formula is C13H18N4. The summed E-state index contributed by atoms with van der Waals surface area (Å²) >= 11 is 0. The number of anilines is 1. The van der Waals surface area contributed by atoms with Crippen molar-refractivity contribution < 1.29 is 0 Å². The van der Waals surface area contributed by atoms with E-state index >= 15 is 0 Å². The second kappa shape index (κ2) is 5.65. The van der Waals surface area contributed by atoms with E-state index in [1.54, 1.807) is 18.3 Å². The molecule has 1 atom stereocenters. The maximum Gasteiger partial charge on any atom is 0.143 e. The first kappa shape index (κ1) is 11.9. The summed E-state index contributed by atoms with van der Waals surface area (Å²) in [5.74, 6) is 1.38. The number of hydrogen-bond donors (Lipinski definition) is 1. The van der Waals surface area contributed by atoms with Gasteiger partial charge < -0.3 is 10.2 Å². The molecule has 0 radical (unpaired) electrons. The molecule has 0 aromatic carbocycles. The van der Waals surface area contributed by atoms with Gasteiger partial charge in [0, 0.05) is 19.3 Å². The highest BCUT2D eigenvalue weighted by molar-refractivity contribution is 5.51. The maximum atomic E-state index is 8.95. The summed E-state index contributed by atoms with van der Waals surface area (Å²) in [6, 6.07) is 5.74. The number of nitrogens with one attached hydrogen (secondary N) is 1. The Morgan fingerprint density at radius 3 is 3.24 bits per heavy atom. The first-order chi connectivity index (χ1) is 8.33. The Labute approximate surface area is 102 Å². The molecule has 17 heavy (non-hydrogen) atoms. The summed E-state index contributed by atoms with van der Waals surface area (Å²) in [4.78, 5) is 6.66. The molecule has 2 rings (SSSR count). The maximum absolute atomic E-state index is 8.95. The van der Waals surface area contributed by atoms with Gasteiger partial charge in [0.1, 0.15) is 11.9 Å². The number of nitrogens with zero attached hydrogens (tertiary/aromatic N) is 3. The van der Waals surface area contributed by atoms with Gasteiger partial charge in [-0.25, -0.2) is 4.98 Å². The summed E-state index contributed by atoms with van der Waals surface area (Å²) in [5, 5.41) is 12.2. The van der Waals surface area contributed by atoms with Crippen LogP contribution in [-0.4, -0.2) is 36.1 Å². The van der Waals surface area contributed by atoms with Crippen LogP contribution in [0.4, 0.5) is 5.82 Å². The van der Waals surface area contributed by atoms with Crippen molar-refractivity contribution in [3.63, 3.8) is 0 Å². The molecule has 1 aromatic heterocycles. The number of hydrogen-bond acceptors (Lipinski definition) is 4. The number of nitriles is 1. The monoisotopic (exact) mass is 230 g/mol. The van der Waals surface area contributed by atoms with E-state index < -0.39 is 0 Å². The molecule has 1 unspecified atom stereocenters. The standard InChI is InChI=1S/C13H18N4/c1-2-17-7-5-11(10-17)9-16-13-12(8-14)4-3-6-15-13/h3-4,6,11H,2,5,7,9-10H2,1H3,(H,15,16). The van der Waals surface area contributed by atoms with Gasteiger partial charge >= 0.3 is 0 Å². The smallest absolute Gasteiger partial charge is 0.143 e. The fraction of sp³-hybridized carbons (Fsp3) is 0.538. The molecule has 1 N–H and O–H groups in total. The third-order valence-electron chi connectivity index (χ3n) is 3.30. The molecule has 1 aromatic rings. The van der Waals surface area contributed by atoms with Crippen LogP contribution < -0.4 is 5.32 Å². The minimum Gasteiger partial charge on any atom is -0.369 e. The van der Waals surface area contributed by atoms with Crippen LogP contribution in [0.3, 0.4) is 0 Å². The molecule has 1 aliphatic heterocycles. The quantitative estimate of drug-likeness (QED) is 0.855. The fourth-order valence-electron chi connectivity index (χ4n) is 2.24. The van der Waals surface area contributed by atoms with Crippen molar-refractivity contribution in [1.82, 2.24) is 9.88 Å². The van der Waals surface area contributed by atoms with E-state index in [-0.39, 0.29) is 0 Å². The average molecular weight is 230 g/mol. The van der Waals surface area contributed by atoms with Crippen LogP contribution >= 0.6 is 0 Å². The van der Waals surface area contributed by atoms with Crippen LogP contribution in [0, 0.1) is 17.2 Å². The van der Waals surface area contributed by atoms with E-state index in [0.29, 0.717) is 17.3 Å². The molecular weight excluding hydrogens is 212 g/mol. The summed E-state index contributed by atoms with van der Waals surface area (Å²) in [7, 11) is 0. The van der Waals surface area contributed by atoms with Crippen LogP contribution in [0.1, 0.15) is 18.9 Å².